The molecule has 1 fully saturated rings. The van der Waals surface area contributed by atoms with E-state index in [1.54, 1.807) is 0 Å². The van der Waals surface area contributed by atoms with Crippen LogP contribution in [-0.4, -0.2) is 47.0 Å². The van der Waals surface area contributed by atoms with Crippen LogP contribution in [0.3, 0.4) is 0 Å². The van der Waals surface area contributed by atoms with Crippen molar-refractivity contribution in [3.63, 3.8) is 0 Å². The van der Waals surface area contributed by atoms with Crippen LogP contribution < -0.4 is 10.6 Å². The van der Waals surface area contributed by atoms with Crippen molar-refractivity contribution >= 4 is 17.4 Å². The van der Waals surface area contributed by atoms with E-state index in [1.807, 2.05) is 35.9 Å². The van der Waals surface area contributed by atoms with Gasteiger partial charge in [0.15, 0.2) is 0 Å². The van der Waals surface area contributed by atoms with Crippen LogP contribution in [0, 0.1) is 12.8 Å². The molecule has 6 nitrogen and oxygen atoms in total. The smallest absolute Gasteiger partial charge is 0.319 e. The maximum atomic E-state index is 12.1. The Hall–Kier alpha value is -2.08. The van der Waals surface area contributed by atoms with Gasteiger partial charge < -0.3 is 19.9 Å². The quantitative estimate of drug-likeness (QED) is 0.915. The molecule has 124 valence electrons. The summed E-state index contributed by atoms with van der Waals surface area (Å²) in [6.45, 7) is 4.89. The fraction of sp³-hybridized carbons (Fsp3) is 0.529. The highest BCUT2D eigenvalue weighted by Crippen LogP contribution is 2.15. The van der Waals surface area contributed by atoms with Crippen molar-refractivity contribution in [2.24, 2.45) is 5.92 Å². The Balaban J connectivity index is 1.53. The lowest BCUT2D eigenvalue weighted by Gasteiger charge is -2.20. The molecule has 6 heteroatoms. The van der Waals surface area contributed by atoms with Crippen molar-refractivity contribution in [3.05, 3.63) is 30.2 Å². The first-order valence-electron chi connectivity index (χ1n) is 8.29. The number of aryl methyl sites for hydroxylation is 1. The van der Waals surface area contributed by atoms with Crippen LogP contribution in [0.15, 0.2) is 24.5 Å². The van der Waals surface area contributed by atoms with Crippen molar-refractivity contribution in [3.8, 4) is 0 Å². The number of likely N-dealkylation sites (tertiary alicyclic amines) is 1. The normalized spacial score (nSPS) is 19.5. The second kappa shape index (κ2) is 7.00. The Labute approximate surface area is 136 Å². The molecule has 2 aromatic heterocycles. The standard InChI is InChI=1S/C17H25N5O/c1-13-11-22-8-6-15(9-16(22)19-13)20-17(23)18-10-14-5-3-4-7-21(2)12-14/h6,8-9,11,14H,3-5,7,10,12H2,1-2H3,(H2,18,20,23). The number of hydrogen-bond donors (Lipinski definition) is 2. The van der Waals surface area contributed by atoms with E-state index in [-0.39, 0.29) is 6.03 Å². The zero-order chi connectivity index (χ0) is 16.2. The lowest BCUT2D eigenvalue weighted by molar-refractivity contribution is 0.246. The van der Waals surface area contributed by atoms with Gasteiger partial charge in [0, 0.05) is 37.2 Å². The minimum atomic E-state index is -0.149. The average molecular weight is 315 g/mol. The third kappa shape index (κ3) is 4.22. The van der Waals surface area contributed by atoms with Gasteiger partial charge >= 0.3 is 6.03 Å². The summed E-state index contributed by atoms with van der Waals surface area (Å²) in [4.78, 5) is 18.9. The second-order valence-corrected chi connectivity index (χ2v) is 6.52. The van der Waals surface area contributed by atoms with Gasteiger partial charge in [-0.25, -0.2) is 9.78 Å². The molecule has 0 saturated carbocycles. The fourth-order valence-electron chi connectivity index (χ4n) is 3.20. The van der Waals surface area contributed by atoms with Crippen molar-refractivity contribution < 1.29 is 4.79 Å². The van der Waals surface area contributed by atoms with E-state index < -0.39 is 0 Å². The van der Waals surface area contributed by atoms with Crippen LogP contribution in [0.5, 0.6) is 0 Å². The minimum absolute atomic E-state index is 0.149. The maximum absolute atomic E-state index is 12.1. The van der Waals surface area contributed by atoms with Gasteiger partial charge in [-0.2, -0.15) is 0 Å². The molecule has 1 aliphatic rings. The Morgan fingerprint density at radius 1 is 1.43 bits per heavy atom. The highest BCUT2D eigenvalue weighted by Gasteiger charge is 2.16. The highest BCUT2D eigenvalue weighted by atomic mass is 16.2. The van der Waals surface area contributed by atoms with E-state index in [4.69, 9.17) is 0 Å². The largest absolute Gasteiger partial charge is 0.338 e. The summed E-state index contributed by atoms with van der Waals surface area (Å²) in [5, 5.41) is 5.89. The Bertz CT molecular complexity index is 681. The number of imidazole rings is 1. The first-order chi connectivity index (χ1) is 11.1. The maximum Gasteiger partial charge on any atom is 0.319 e. The van der Waals surface area contributed by atoms with Gasteiger partial charge in [-0.05, 0) is 45.3 Å². The Morgan fingerprint density at radius 2 is 2.30 bits per heavy atom. The Kier molecular flexibility index (Phi) is 4.81. The van der Waals surface area contributed by atoms with E-state index in [2.05, 4.69) is 27.6 Å². The molecule has 1 atom stereocenters. The van der Waals surface area contributed by atoms with Crippen LogP contribution in [0.25, 0.3) is 5.65 Å². The minimum Gasteiger partial charge on any atom is -0.338 e. The van der Waals surface area contributed by atoms with Gasteiger partial charge in [0.25, 0.3) is 0 Å². The molecule has 1 saturated heterocycles. The number of amides is 2. The zero-order valence-corrected chi connectivity index (χ0v) is 13.9. The Morgan fingerprint density at radius 3 is 3.17 bits per heavy atom. The third-order valence-corrected chi connectivity index (χ3v) is 4.36. The zero-order valence-electron chi connectivity index (χ0n) is 13.9. The first kappa shape index (κ1) is 15.8. The number of carbonyl (C=O) groups excluding carboxylic acids is 1. The van der Waals surface area contributed by atoms with E-state index in [0.29, 0.717) is 5.92 Å². The van der Waals surface area contributed by atoms with Gasteiger partial charge in [-0.3, -0.25) is 0 Å². The predicted octanol–water partition coefficient (Wildman–Crippen LogP) is 2.50. The van der Waals surface area contributed by atoms with Gasteiger partial charge in [0.1, 0.15) is 5.65 Å². The summed E-state index contributed by atoms with van der Waals surface area (Å²) in [6.07, 6.45) is 7.55. The summed E-state index contributed by atoms with van der Waals surface area (Å²) in [5.41, 5.74) is 2.56. The summed E-state index contributed by atoms with van der Waals surface area (Å²) >= 11 is 0. The van der Waals surface area contributed by atoms with E-state index >= 15 is 0 Å². The molecule has 2 N–H and O–H groups in total. The van der Waals surface area contributed by atoms with Gasteiger partial charge in [0.2, 0.25) is 0 Å². The van der Waals surface area contributed by atoms with E-state index in [0.717, 1.165) is 36.7 Å². The van der Waals surface area contributed by atoms with Crippen LogP contribution in [0.4, 0.5) is 10.5 Å². The van der Waals surface area contributed by atoms with Gasteiger partial charge in [-0.1, -0.05) is 6.42 Å². The van der Waals surface area contributed by atoms with Gasteiger partial charge in [0.05, 0.1) is 5.69 Å². The number of nitrogens with one attached hydrogen (secondary N) is 2. The predicted molar refractivity (Wildman–Crippen MR) is 91.8 cm³/mol. The van der Waals surface area contributed by atoms with Crippen molar-refractivity contribution in [2.75, 3.05) is 32.0 Å². The molecule has 3 rings (SSSR count). The molecule has 2 aromatic rings. The number of aromatic nitrogens is 2. The molecule has 1 aliphatic heterocycles. The number of nitrogens with zero attached hydrogens (tertiary/aromatic N) is 3. The van der Waals surface area contributed by atoms with E-state index in [9.17, 15) is 4.79 Å². The number of pyridine rings is 1. The van der Waals surface area contributed by atoms with Crippen molar-refractivity contribution in [2.45, 2.75) is 26.2 Å². The molecule has 23 heavy (non-hydrogen) atoms. The van der Waals surface area contributed by atoms with Crippen molar-refractivity contribution in [1.82, 2.24) is 19.6 Å². The molecule has 1 unspecified atom stereocenters. The number of anilines is 1. The molecule has 0 radical (unpaired) electrons. The number of urea groups is 1. The highest BCUT2D eigenvalue weighted by molar-refractivity contribution is 5.89. The number of fused-ring (bicyclic) bond motifs is 1. The molecular formula is C17H25N5O. The molecule has 3 heterocycles. The lowest BCUT2D eigenvalue weighted by atomic mass is 10.0. The number of rotatable bonds is 3. The van der Waals surface area contributed by atoms with E-state index in [1.165, 1.54) is 19.3 Å². The van der Waals surface area contributed by atoms with Crippen LogP contribution in [0.1, 0.15) is 25.0 Å². The summed E-state index contributed by atoms with van der Waals surface area (Å²) in [6, 6.07) is 3.61. The number of carbonyl (C=O) groups is 1. The van der Waals surface area contributed by atoms with Crippen molar-refractivity contribution in [1.29, 1.82) is 0 Å². The van der Waals surface area contributed by atoms with Crippen LogP contribution >= 0.6 is 0 Å². The van der Waals surface area contributed by atoms with Crippen LogP contribution in [-0.2, 0) is 0 Å². The summed E-state index contributed by atoms with van der Waals surface area (Å²) in [5.74, 6) is 0.533. The third-order valence-electron chi connectivity index (χ3n) is 4.36. The fourth-order valence-corrected chi connectivity index (χ4v) is 3.20. The second-order valence-electron chi connectivity index (χ2n) is 6.52. The summed E-state index contributed by atoms with van der Waals surface area (Å²) in [7, 11) is 2.15. The lowest BCUT2D eigenvalue weighted by Crippen LogP contribution is -2.36. The number of hydrogen-bond acceptors (Lipinski definition) is 3. The van der Waals surface area contributed by atoms with Crippen LogP contribution in [0.2, 0.25) is 0 Å². The average Bonchev–Trinajstić information content (AvgIpc) is 2.74. The summed E-state index contributed by atoms with van der Waals surface area (Å²) < 4.78 is 1.94. The SMILES string of the molecule is Cc1cn2ccc(NC(=O)NCC3CCCCN(C)C3)cc2n1. The molecule has 0 bridgehead atoms. The molecular weight excluding hydrogens is 290 g/mol. The molecule has 0 spiro atoms. The monoisotopic (exact) mass is 315 g/mol. The molecule has 2 amide bonds. The first-order valence-corrected chi connectivity index (χ1v) is 8.29. The molecule has 0 aliphatic carbocycles. The topological polar surface area (TPSA) is 61.7 Å². The van der Waals surface area contributed by atoms with Gasteiger partial charge in [-0.15, -0.1) is 0 Å². The molecule has 0 aromatic carbocycles.